The fraction of sp³-hybridized carbons (Fsp3) is 0.333. The summed E-state index contributed by atoms with van der Waals surface area (Å²) in [6.07, 6.45) is 0.859. The zero-order chi connectivity index (χ0) is 11.6. The summed E-state index contributed by atoms with van der Waals surface area (Å²) in [5.74, 6) is 2.11. The first-order chi connectivity index (χ1) is 6.86. The molecule has 1 aromatic carbocycles. The molecule has 0 radical (unpaired) electrons. The molecule has 0 fully saturated rings. The van der Waals surface area contributed by atoms with Gasteiger partial charge in [-0.2, -0.15) is 13.2 Å². The van der Waals surface area contributed by atoms with E-state index in [0.717, 1.165) is 6.07 Å². The quantitative estimate of drug-likeness (QED) is 0.622. The van der Waals surface area contributed by atoms with E-state index in [9.17, 15) is 13.2 Å². The van der Waals surface area contributed by atoms with Crippen LogP contribution in [-0.2, 0) is 6.18 Å². The first kappa shape index (κ1) is 11.6. The summed E-state index contributed by atoms with van der Waals surface area (Å²) in [5, 5.41) is 0. The van der Waals surface area contributed by atoms with Crippen LogP contribution in [0.3, 0.4) is 0 Å². The molecule has 0 aromatic heterocycles. The number of aryl methyl sites for hydroxylation is 1. The SMILES string of the molecule is C#CC(C)c1ccc(C)c(C(F)(F)F)c1. The second kappa shape index (κ2) is 3.98. The highest BCUT2D eigenvalue weighted by molar-refractivity contribution is 5.36. The van der Waals surface area contributed by atoms with Gasteiger partial charge in [0.2, 0.25) is 0 Å². The van der Waals surface area contributed by atoms with E-state index in [2.05, 4.69) is 5.92 Å². The van der Waals surface area contributed by atoms with Gasteiger partial charge in [0.25, 0.3) is 0 Å². The minimum atomic E-state index is -4.31. The van der Waals surface area contributed by atoms with Gasteiger partial charge in [0, 0.05) is 5.92 Å². The van der Waals surface area contributed by atoms with Crippen molar-refractivity contribution in [2.24, 2.45) is 0 Å². The van der Waals surface area contributed by atoms with Gasteiger partial charge in [0.15, 0.2) is 0 Å². The van der Waals surface area contributed by atoms with E-state index in [0.29, 0.717) is 5.56 Å². The Balaban J connectivity index is 3.24. The van der Waals surface area contributed by atoms with E-state index in [-0.39, 0.29) is 11.5 Å². The van der Waals surface area contributed by atoms with E-state index >= 15 is 0 Å². The van der Waals surface area contributed by atoms with Gasteiger partial charge in [-0.3, -0.25) is 0 Å². The molecule has 0 saturated carbocycles. The van der Waals surface area contributed by atoms with E-state index < -0.39 is 11.7 Å². The Hall–Kier alpha value is -1.43. The molecule has 15 heavy (non-hydrogen) atoms. The smallest absolute Gasteiger partial charge is 0.166 e. The lowest BCUT2D eigenvalue weighted by atomic mass is 9.97. The van der Waals surface area contributed by atoms with Crippen molar-refractivity contribution >= 4 is 0 Å². The van der Waals surface area contributed by atoms with Crippen LogP contribution in [0.2, 0.25) is 0 Å². The van der Waals surface area contributed by atoms with E-state index in [1.165, 1.54) is 13.0 Å². The second-order valence-corrected chi connectivity index (χ2v) is 3.46. The molecular formula is C12H11F3. The number of hydrogen-bond acceptors (Lipinski definition) is 0. The van der Waals surface area contributed by atoms with Gasteiger partial charge >= 0.3 is 6.18 Å². The van der Waals surface area contributed by atoms with Crippen LogP contribution < -0.4 is 0 Å². The Labute approximate surface area is 87.1 Å². The monoisotopic (exact) mass is 212 g/mol. The lowest BCUT2D eigenvalue weighted by molar-refractivity contribution is -0.138. The molecule has 0 saturated heterocycles. The summed E-state index contributed by atoms with van der Waals surface area (Å²) < 4.78 is 37.6. The van der Waals surface area contributed by atoms with Gasteiger partial charge in [-0.05, 0) is 31.0 Å². The third-order valence-corrected chi connectivity index (χ3v) is 2.32. The highest BCUT2D eigenvalue weighted by atomic mass is 19.4. The van der Waals surface area contributed by atoms with Crippen LogP contribution in [0.4, 0.5) is 13.2 Å². The van der Waals surface area contributed by atoms with E-state index in [1.54, 1.807) is 13.0 Å². The molecule has 0 aliphatic rings. The second-order valence-electron chi connectivity index (χ2n) is 3.46. The predicted octanol–water partition coefficient (Wildman–Crippen LogP) is 3.75. The summed E-state index contributed by atoms with van der Waals surface area (Å²) in [5.41, 5.74) is 0.132. The Kier molecular flexibility index (Phi) is 3.09. The zero-order valence-electron chi connectivity index (χ0n) is 8.52. The maximum atomic E-state index is 12.5. The summed E-state index contributed by atoms with van der Waals surface area (Å²) in [6, 6.07) is 4.21. The summed E-state index contributed by atoms with van der Waals surface area (Å²) >= 11 is 0. The lowest BCUT2D eigenvalue weighted by Gasteiger charge is -2.13. The van der Waals surface area contributed by atoms with Crippen molar-refractivity contribution in [3.05, 3.63) is 34.9 Å². The van der Waals surface area contributed by atoms with Crippen molar-refractivity contribution in [3.8, 4) is 12.3 Å². The van der Waals surface area contributed by atoms with Gasteiger partial charge in [0.05, 0.1) is 5.56 Å². The Morgan fingerprint density at radius 3 is 2.40 bits per heavy atom. The maximum Gasteiger partial charge on any atom is 0.416 e. The standard InChI is InChI=1S/C12H11F3/c1-4-8(2)10-6-5-9(3)11(7-10)12(13,14)15/h1,5-8H,2-3H3. The molecule has 80 valence electrons. The average Bonchev–Trinajstić information content (AvgIpc) is 2.15. The molecule has 0 N–H and O–H groups in total. The number of alkyl halides is 3. The molecule has 1 unspecified atom stereocenters. The molecule has 0 spiro atoms. The van der Waals surface area contributed by atoms with Crippen LogP contribution in [0.1, 0.15) is 29.5 Å². The third kappa shape index (κ3) is 2.53. The average molecular weight is 212 g/mol. The van der Waals surface area contributed by atoms with Crippen molar-refractivity contribution in [1.29, 1.82) is 0 Å². The Morgan fingerprint density at radius 1 is 1.33 bits per heavy atom. The molecule has 0 nitrogen and oxygen atoms in total. The predicted molar refractivity (Wildman–Crippen MR) is 53.4 cm³/mol. The molecule has 1 aromatic rings. The highest BCUT2D eigenvalue weighted by Gasteiger charge is 2.32. The molecule has 1 rings (SSSR count). The van der Waals surface area contributed by atoms with Gasteiger partial charge in [-0.25, -0.2) is 0 Å². The topological polar surface area (TPSA) is 0 Å². The largest absolute Gasteiger partial charge is 0.416 e. The first-order valence-electron chi connectivity index (χ1n) is 4.50. The van der Waals surface area contributed by atoms with Crippen molar-refractivity contribution in [2.45, 2.75) is 25.9 Å². The van der Waals surface area contributed by atoms with Gasteiger partial charge in [-0.15, -0.1) is 6.42 Å². The highest BCUT2D eigenvalue weighted by Crippen LogP contribution is 2.33. The van der Waals surface area contributed by atoms with Crippen LogP contribution in [0.15, 0.2) is 18.2 Å². The number of halogens is 3. The molecule has 0 aliphatic carbocycles. The van der Waals surface area contributed by atoms with Gasteiger partial charge in [-0.1, -0.05) is 18.1 Å². The minimum Gasteiger partial charge on any atom is -0.166 e. The van der Waals surface area contributed by atoms with Crippen molar-refractivity contribution in [2.75, 3.05) is 0 Å². The zero-order valence-corrected chi connectivity index (χ0v) is 8.52. The number of terminal acetylenes is 1. The fourth-order valence-corrected chi connectivity index (χ4v) is 1.31. The molecule has 3 heteroatoms. The summed E-state index contributed by atoms with van der Waals surface area (Å²) in [7, 11) is 0. The van der Waals surface area contributed by atoms with E-state index in [1.807, 2.05) is 0 Å². The van der Waals surface area contributed by atoms with Crippen molar-refractivity contribution in [3.63, 3.8) is 0 Å². The molecule has 0 amide bonds. The summed E-state index contributed by atoms with van der Waals surface area (Å²) in [4.78, 5) is 0. The Bertz CT molecular complexity index is 396. The minimum absolute atomic E-state index is 0.218. The maximum absolute atomic E-state index is 12.5. The van der Waals surface area contributed by atoms with E-state index in [4.69, 9.17) is 6.42 Å². The lowest BCUT2D eigenvalue weighted by Crippen LogP contribution is -2.08. The Morgan fingerprint density at radius 2 is 1.93 bits per heavy atom. The number of benzene rings is 1. The van der Waals surface area contributed by atoms with Crippen LogP contribution in [0, 0.1) is 19.3 Å². The van der Waals surface area contributed by atoms with Crippen LogP contribution >= 0.6 is 0 Å². The van der Waals surface area contributed by atoms with Crippen LogP contribution in [0.25, 0.3) is 0 Å². The molecular weight excluding hydrogens is 201 g/mol. The molecule has 0 bridgehead atoms. The van der Waals surface area contributed by atoms with Crippen LogP contribution in [-0.4, -0.2) is 0 Å². The van der Waals surface area contributed by atoms with Crippen molar-refractivity contribution in [1.82, 2.24) is 0 Å². The number of hydrogen-bond donors (Lipinski definition) is 0. The molecule has 1 atom stereocenters. The van der Waals surface area contributed by atoms with Gasteiger partial charge in [0.1, 0.15) is 0 Å². The fourth-order valence-electron chi connectivity index (χ4n) is 1.31. The first-order valence-corrected chi connectivity index (χ1v) is 4.50. The van der Waals surface area contributed by atoms with Crippen LogP contribution in [0.5, 0.6) is 0 Å². The molecule has 0 aliphatic heterocycles. The molecule has 0 heterocycles. The van der Waals surface area contributed by atoms with Gasteiger partial charge < -0.3 is 0 Å². The third-order valence-electron chi connectivity index (χ3n) is 2.32. The normalized spacial score (nSPS) is 13.3. The number of rotatable bonds is 1. The summed E-state index contributed by atoms with van der Waals surface area (Å²) in [6.45, 7) is 3.14. The van der Waals surface area contributed by atoms with Crippen molar-refractivity contribution < 1.29 is 13.2 Å².